The summed E-state index contributed by atoms with van der Waals surface area (Å²) < 4.78 is 0. The zero-order chi connectivity index (χ0) is 8.59. The Morgan fingerprint density at radius 1 is 1.36 bits per heavy atom. The number of carbonyl (C=O) groups is 2. The van der Waals surface area contributed by atoms with Crippen LogP contribution in [0.5, 0.6) is 0 Å². The van der Waals surface area contributed by atoms with Crippen LogP contribution < -0.4 is 5.32 Å². The Morgan fingerprint density at radius 2 is 1.91 bits per heavy atom. The van der Waals surface area contributed by atoms with Crippen molar-refractivity contribution in [2.75, 3.05) is 7.05 Å². The van der Waals surface area contributed by atoms with Crippen molar-refractivity contribution in [3.63, 3.8) is 0 Å². The number of nitrogens with one attached hydrogen (secondary N) is 1. The van der Waals surface area contributed by atoms with Crippen LogP contribution in [-0.4, -0.2) is 35.8 Å². The molecule has 4 nitrogen and oxygen atoms in total. The maximum absolute atomic E-state index is 11.2. The van der Waals surface area contributed by atoms with Crippen molar-refractivity contribution < 1.29 is 9.59 Å². The summed E-state index contributed by atoms with van der Waals surface area (Å²) in [6.07, 6.45) is 0. The maximum atomic E-state index is 11.2. The van der Waals surface area contributed by atoms with Gasteiger partial charge in [-0.2, -0.15) is 0 Å². The highest BCUT2D eigenvalue weighted by molar-refractivity contribution is 5.96. The molecule has 1 aliphatic rings. The van der Waals surface area contributed by atoms with Crippen LogP contribution in [-0.2, 0) is 9.59 Å². The van der Waals surface area contributed by atoms with E-state index < -0.39 is 0 Å². The Hall–Kier alpha value is -1.06. The average molecular weight is 156 g/mol. The molecule has 1 aliphatic heterocycles. The van der Waals surface area contributed by atoms with E-state index in [4.69, 9.17) is 0 Å². The molecule has 0 radical (unpaired) electrons. The summed E-state index contributed by atoms with van der Waals surface area (Å²) in [5.41, 5.74) is 0. The Kier molecular flexibility index (Phi) is 1.85. The third-order valence-corrected chi connectivity index (χ3v) is 2.04. The van der Waals surface area contributed by atoms with E-state index >= 15 is 0 Å². The number of piperazine rings is 1. The molecule has 1 N–H and O–H groups in total. The molecule has 0 aromatic carbocycles. The van der Waals surface area contributed by atoms with E-state index in [-0.39, 0.29) is 23.9 Å². The molecule has 0 bridgehead atoms. The second kappa shape index (κ2) is 2.53. The first-order chi connectivity index (χ1) is 5.04. The molecule has 0 spiro atoms. The molecule has 2 atom stereocenters. The van der Waals surface area contributed by atoms with Crippen molar-refractivity contribution in [3.05, 3.63) is 0 Å². The van der Waals surface area contributed by atoms with Crippen LogP contribution in [0.3, 0.4) is 0 Å². The van der Waals surface area contributed by atoms with E-state index in [0.717, 1.165) is 0 Å². The SMILES string of the molecule is CC1NC(=O)C(C)N(C)C1=O. The molecule has 62 valence electrons. The van der Waals surface area contributed by atoms with E-state index in [1.54, 1.807) is 20.9 Å². The van der Waals surface area contributed by atoms with Gasteiger partial charge in [0.15, 0.2) is 0 Å². The monoisotopic (exact) mass is 156 g/mol. The quantitative estimate of drug-likeness (QED) is 0.506. The van der Waals surface area contributed by atoms with Crippen LogP contribution in [0.4, 0.5) is 0 Å². The number of hydrogen-bond acceptors (Lipinski definition) is 2. The van der Waals surface area contributed by atoms with Gasteiger partial charge in [-0.15, -0.1) is 0 Å². The highest BCUT2D eigenvalue weighted by Gasteiger charge is 2.32. The van der Waals surface area contributed by atoms with Crippen molar-refractivity contribution in [1.29, 1.82) is 0 Å². The van der Waals surface area contributed by atoms with Gasteiger partial charge in [0, 0.05) is 7.05 Å². The van der Waals surface area contributed by atoms with Crippen LogP contribution in [0, 0.1) is 0 Å². The Labute approximate surface area is 65.6 Å². The molecule has 1 fully saturated rings. The van der Waals surface area contributed by atoms with Crippen molar-refractivity contribution in [1.82, 2.24) is 10.2 Å². The molecule has 4 heteroatoms. The second-order valence-electron chi connectivity index (χ2n) is 2.86. The minimum absolute atomic E-state index is 0.0305. The smallest absolute Gasteiger partial charge is 0.245 e. The summed E-state index contributed by atoms with van der Waals surface area (Å²) in [7, 11) is 1.64. The first-order valence-corrected chi connectivity index (χ1v) is 3.61. The highest BCUT2D eigenvalue weighted by Crippen LogP contribution is 2.05. The summed E-state index contributed by atoms with van der Waals surface area (Å²) in [5, 5.41) is 2.58. The van der Waals surface area contributed by atoms with Crippen LogP contribution >= 0.6 is 0 Å². The minimum atomic E-state index is -0.372. The molecule has 11 heavy (non-hydrogen) atoms. The van der Waals surface area contributed by atoms with Gasteiger partial charge in [-0.05, 0) is 13.8 Å². The van der Waals surface area contributed by atoms with Crippen LogP contribution in [0.15, 0.2) is 0 Å². The van der Waals surface area contributed by atoms with Gasteiger partial charge in [0.25, 0.3) is 0 Å². The maximum Gasteiger partial charge on any atom is 0.245 e. The zero-order valence-electron chi connectivity index (χ0n) is 6.92. The van der Waals surface area contributed by atoms with Gasteiger partial charge in [0.2, 0.25) is 11.8 Å². The van der Waals surface area contributed by atoms with Crippen molar-refractivity contribution in [2.45, 2.75) is 25.9 Å². The van der Waals surface area contributed by atoms with Gasteiger partial charge in [-0.3, -0.25) is 9.59 Å². The lowest BCUT2D eigenvalue weighted by Gasteiger charge is -2.32. The molecule has 1 saturated heterocycles. The largest absolute Gasteiger partial charge is 0.343 e. The fourth-order valence-electron chi connectivity index (χ4n) is 1.07. The highest BCUT2D eigenvalue weighted by atomic mass is 16.2. The van der Waals surface area contributed by atoms with Gasteiger partial charge >= 0.3 is 0 Å². The van der Waals surface area contributed by atoms with E-state index in [1.807, 2.05) is 0 Å². The molecule has 0 aromatic heterocycles. The fraction of sp³-hybridized carbons (Fsp3) is 0.714. The fourth-order valence-corrected chi connectivity index (χ4v) is 1.07. The zero-order valence-corrected chi connectivity index (χ0v) is 6.92. The van der Waals surface area contributed by atoms with Gasteiger partial charge in [-0.25, -0.2) is 0 Å². The molecule has 2 amide bonds. The molecule has 0 aliphatic carbocycles. The molecular formula is C7H12N2O2. The van der Waals surface area contributed by atoms with E-state index in [0.29, 0.717) is 0 Å². The molecule has 2 unspecified atom stereocenters. The lowest BCUT2D eigenvalue weighted by molar-refractivity contribution is -0.146. The lowest BCUT2D eigenvalue weighted by atomic mass is 10.1. The summed E-state index contributed by atoms with van der Waals surface area (Å²) in [6, 6.07) is -0.706. The summed E-state index contributed by atoms with van der Waals surface area (Å²) in [4.78, 5) is 23.7. The van der Waals surface area contributed by atoms with E-state index in [1.165, 1.54) is 4.90 Å². The normalized spacial score (nSPS) is 32.1. The predicted octanol–water partition coefficient (Wildman–Crippen LogP) is -0.648. The van der Waals surface area contributed by atoms with Gasteiger partial charge in [-0.1, -0.05) is 0 Å². The van der Waals surface area contributed by atoms with Crippen molar-refractivity contribution in [2.24, 2.45) is 0 Å². The van der Waals surface area contributed by atoms with E-state index in [9.17, 15) is 9.59 Å². The van der Waals surface area contributed by atoms with Crippen molar-refractivity contribution >= 4 is 11.8 Å². The molecule has 1 rings (SSSR count). The van der Waals surface area contributed by atoms with Gasteiger partial charge < -0.3 is 10.2 Å². The van der Waals surface area contributed by atoms with E-state index in [2.05, 4.69) is 5.32 Å². The van der Waals surface area contributed by atoms with Crippen LogP contribution in [0.1, 0.15) is 13.8 Å². The number of carbonyl (C=O) groups excluding carboxylic acids is 2. The summed E-state index contributed by atoms with van der Waals surface area (Å²) in [5.74, 6) is -0.114. The topological polar surface area (TPSA) is 49.4 Å². The standard InChI is InChI=1S/C7H12N2O2/c1-4-7(11)9(3)5(2)6(10)8-4/h4-5H,1-3H3,(H,8,10). The predicted molar refractivity (Wildman–Crippen MR) is 39.8 cm³/mol. The first kappa shape index (κ1) is 8.04. The molecule has 1 heterocycles. The second-order valence-corrected chi connectivity index (χ2v) is 2.86. The Balaban J connectivity index is 2.78. The minimum Gasteiger partial charge on any atom is -0.343 e. The number of likely N-dealkylation sites (N-methyl/N-ethyl adjacent to an activating group) is 1. The lowest BCUT2D eigenvalue weighted by Crippen LogP contribution is -2.59. The van der Waals surface area contributed by atoms with Crippen LogP contribution in [0.25, 0.3) is 0 Å². The summed E-state index contributed by atoms with van der Waals surface area (Å²) >= 11 is 0. The number of rotatable bonds is 0. The first-order valence-electron chi connectivity index (χ1n) is 3.61. The van der Waals surface area contributed by atoms with Crippen molar-refractivity contribution in [3.8, 4) is 0 Å². The third-order valence-electron chi connectivity index (χ3n) is 2.04. The van der Waals surface area contributed by atoms with Gasteiger partial charge in [0.05, 0.1) is 0 Å². The summed E-state index contributed by atoms with van der Waals surface area (Å²) in [6.45, 7) is 3.39. The van der Waals surface area contributed by atoms with Crippen LogP contribution in [0.2, 0.25) is 0 Å². The Bertz CT molecular complexity index is 203. The Morgan fingerprint density at radius 3 is 2.45 bits per heavy atom. The molecular weight excluding hydrogens is 144 g/mol. The number of hydrogen-bond donors (Lipinski definition) is 1. The number of nitrogens with zero attached hydrogens (tertiary/aromatic N) is 1. The molecule has 0 aromatic rings. The van der Waals surface area contributed by atoms with Gasteiger partial charge in [0.1, 0.15) is 12.1 Å². The third kappa shape index (κ3) is 1.20. The number of amides is 2. The molecule has 0 saturated carbocycles. The average Bonchev–Trinajstić information content (AvgIpc) is 1.97.